The molecule has 21 heavy (non-hydrogen) atoms. The summed E-state index contributed by atoms with van der Waals surface area (Å²) >= 11 is 5.86. The minimum atomic E-state index is -0.434. The average molecular weight is 311 g/mol. The molecular formula is C14H16ClFN4O. The van der Waals surface area contributed by atoms with Crippen molar-refractivity contribution in [3.05, 3.63) is 35.1 Å². The molecule has 112 valence electrons. The van der Waals surface area contributed by atoms with Crippen LogP contribution in [0, 0.1) is 5.82 Å². The fourth-order valence-corrected chi connectivity index (χ4v) is 1.92. The maximum atomic E-state index is 13.8. The summed E-state index contributed by atoms with van der Waals surface area (Å²) in [6.07, 6.45) is 0.822. The highest BCUT2D eigenvalue weighted by molar-refractivity contribution is 6.30. The average Bonchev–Trinajstić information content (AvgIpc) is 2.47. The lowest BCUT2D eigenvalue weighted by atomic mass is 10.1. The number of hydrogen-bond donors (Lipinski definition) is 2. The van der Waals surface area contributed by atoms with Gasteiger partial charge in [0.25, 0.3) is 5.88 Å². The van der Waals surface area contributed by atoms with E-state index >= 15 is 0 Å². The van der Waals surface area contributed by atoms with Crippen molar-refractivity contribution in [2.45, 2.75) is 6.42 Å². The molecule has 0 atom stereocenters. The van der Waals surface area contributed by atoms with Gasteiger partial charge in [0.1, 0.15) is 5.82 Å². The Morgan fingerprint density at radius 1 is 1.33 bits per heavy atom. The number of rotatable bonds is 6. The minimum Gasteiger partial charge on any atom is -0.475 e. The van der Waals surface area contributed by atoms with Crippen LogP contribution in [0.2, 0.25) is 5.02 Å². The van der Waals surface area contributed by atoms with E-state index in [-0.39, 0.29) is 11.4 Å². The van der Waals surface area contributed by atoms with Crippen molar-refractivity contribution in [2.24, 2.45) is 0 Å². The molecule has 0 saturated heterocycles. The van der Waals surface area contributed by atoms with Crippen molar-refractivity contribution in [3.8, 4) is 17.1 Å². The molecule has 1 heterocycles. The molecular weight excluding hydrogens is 295 g/mol. The maximum Gasteiger partial charge on any atom is 0.256 e. The molecule has 0 aliphatic heterocycles. The van der Waals surface area contributed by atoms with Crippen molar-refractivity contribution in [1.82, 2.24) is 15.5 Å². The van der Waals surface area contributed by atoms with Crippen LogP contribution in [0.25, 0.3) is 11.3 Å². The van der Waals surface area contributed by atoms with Crippen LogP contribution in [0.15, 0.2) is 24.3 Å². The molecule has 0 amide bonds. The first kappa shape index (κ1) is 15.5. The summed E-state index contributed by atoms with van der Waals surface area (Å²) in [5, 5.41) is 11.3. The Morgan fingerprint density at radius 3 is 2.86 bits per heavy atom. The van der Waals surface area contributed by atoms with Gasteiger partial charge >= 0.3 is 0 Å². The van der Waals surface area contributed by atoms with E-state index in [1.165, 1.54) is 24.3 Å². The monoisotopic (exact) mass is 310 g/mol. The van der Waals surface area contributed by atoms with Crippen molar-refractivity contribution in [2.75, 3.05) is 25.9 Å². The largest absolute Gasteiger partial charge is 0.475 e. The number of nitrogens with one attached hydrogen (secondary N) is 1. The van der Waals surface area contributed by atoms with E-state index in [1.807, 2.05) is 7.05 Å². The van der Waals surface area contributed by atoms with Crippen LogP contribution in [0.4, 0.5) is 10.1 Å². The van der Waals surface area contributed by atoms with E-state index in [4.69, 9.17) is 22.1 Å². The Hall–Kier alpha value is -1.92. The zero-order valence-electron chi connectivity index (χ0n) is 11.6. The van der Waals surface area contributed by atoms with Crippen molar-refractivity contribution in [1.29, 1.82) is 0 Å². The van der Waals surface area contributed by atoms with Gasteiger partial charge in [0.15, 0.2) is 0 Å². The molecule has 2 aromatic rings. The lowest BCUT2D eigenvalue weighted by Crippen LogP contribution is -2.12. The van der Waals surface area contributed by atoms with Gasteiger partial charge in [-0.3, -0.25) is 0 Å². The van der Waals surface area contributed by atoms with Crippen LogP contribution < -0.4 is 15.8 Å². The molecule has 2 rings (SSSR count). The van der Waals surface area contributed by atoms with E-state index in [9.17, 15) is 4.39 Å². The predicted molar refractivity (Wildman–Crippen MR) is 80.9 cm³/mol. The quantitative estimate of drug-likeness (QED) is 0.802. The van der Waals surface area contributed by atoms with Gasteiger partial charge in [-0.1, -0.05) is 11.6 Å². The third kappa shape index (κ3) is 4.03. The van der Waals surface area contributed by atoms with Gasteiger partial charge in [0.2, 0.25) is 0 Å². The highest BCUT2D eigenvalue weighted by Gasteiger charge is 2.11. The first-order chi connectivity index (χ1) is 10.1. The molecule has 0 saturated carbocycles. The summed E-state index contributed by atoms with van der Waals surface area (Å²) in [6, 6.07) is 5.75. The van der Waals surface area contributed by atoms with Crippen molar-refractivity contribution in [3.63, 3.8) is 0 Å². The van der Waals surface area contributed by atoms with Gasteiger partial charge in [-0.15, -0.1) is 10.2 Å². The first-order valence-corrected chi connectivity index (χ1v) is 6.85. The number of benzene rings is 1. The van der Waals surface area contributed by atoms with Crippen LogP contribution in [0.5, 0.6) is 5.88 Å². The van der Waals surface area contributed by atoms with Crippen LogP contribution in [0.3, 0.4) is 0 Å². The SMILES string of the molecule is CNCCCOc1nnc(-c2cc(Cl)ccc2F)cc1N. The Bertz CT molecular complexity index is 624. The van der Waals surface area contributed by atoms with Gasteiger partial charge in [-0.05, 0) is 44.3 Å². The Kier molecular flexibility index (Phi) is 5.30. The number of nitrogens with two attached hydrogens (primary N) is 1. The normalized spacial score (nSPS) is 10.6. The number of aromatic nitrogens is 2. The topological polar surface area (TPSA) is 73.1 Å². The zero-order valence-corrected chi connectivity index (χ0v) is 12.3. The minimum absolute atomic E-state index is 0.247. The molecule has 7 heteroatoms. The van der Waals surface area contributed by atoms with Gasteiger partial charge in [0.05, 0.1) is 18.0 Å². The Labute approximate surface area is 127 Å². The second-order valence-electron chi connectivity index (χ2n) is 4.42. The number of ether oxygens (including phenoxy) is 1. The van der Waals surface area contributed by atoms with Crippen LogP contribution in [-0.4, -0.2) is 30.4 Å². The smallest absolute Gasteiger partial charge is 0.256 e. The molecule has 0 bridgehead atoms. The van der Waals surface area contributed by atoms with Crippen molar-refractivity contribution < 1.29 is 9.13 Å². The number of halogens is 2. The van der Waals surface area contributed by atoms with Crippen LogP contribution in [-0.2, 0) is 0 Å². The number of nitrogens with zero attached hydrogens (tertiary/aromatic N) is 2. The number of anilines is 1. The predicted octanol–water partition coefficient (Wildman–Crippen LogP) is 2.51. The molecule has 0 unspecified atom stereocenters. The second kappa shape index (κ2) is 7.19. The summed E-state index contributed by atoms with van der Waals surface area (Å²) < 4.78 is 19.2. The van der Waals surface area contributed by atoms with Gasteiger partial charge in [-0.2, -0.15) is 0 Å². The lowest BCUT2D eigenvalue weighted by Gasteiger charge is -2.09. The Morgan fingerprint density at radius 2 is 2.14 bits per heavy atom. The third-order valence-corrected chi connectivity index (χ3v) is 3.04. The summed E-state index contributed by atoms with van der Waals surface area (Å²) in [5.41, 5.74) is 6.74. The summed E-state index contributed by atoms with van der Waals surface area (Å²) in [6.45, 7) is 1.31. The van der Waals surface area contributed by atoms with E-state index in [1.54, 1.807) is 0 Å². The van der Waals surface area contributed by atoms with E-state index < -0.39 is 5.82 Å². The fourth-order valence-electron chi connectivity index (χ4n) is 1.75. The number of hydrogen-bond acceptors (Lipinski definition) is 5. The summed E-state index contributed by atoms with van der Waals surface area (Å²) in [4.78, 5) is 0. The van der Waals surface area contributed by atoms with Crippen molar-refractivity contribution >= 4 is 17.3 Å². The van der Waals surface area contributed by atoms with E-state index in [2.05, 4.69) is 15.5 Å². The summed E-state index contributed by atoms with van der Waals surface area (Å²) in [5.74, 6) is -0.187. The highest BCUT2D eigenvalue weighted by atomic mass is 35.5. The molecule has 5 nitrogen and oxygen atoms in total. The second-order valence-corrected chi connectivity index (χ2v) is 4.86. The summed E-state index contributed by atoms with van der Waals surface area (Å²) in [7, 11) is 1.86. The first-order valence-electron chi connectivity index (χ1n) is 6.48. The zero-order chi connectivity index (χ0) is 15.2. The molecule has 0 fully saturated rings. The van der Waals surface area contributed by atoms with Gasteiger partial charge in [-0.25, -0.2) is 4.39 Å². The fraction of sp³-hybridized carbons (Fsp3) is 0.286. The Balaban J connectivity index is 2.16. The van der Waals surface area contributed by atoms with Crippen LogP contribution >= 0.6 is 11.6 Å². The number of nitrogen functional groups attached to an aromatic ring is 1. The van der Waals surface area contributed by atoms with Crippen LogP contribution in [0.1, 0.15) is 6.42 Å². The van der Waals surface area contributed by atoms with Gasteiger partial charge in [0, 0.05) is 10.6 Å². The molecule has 1 aromatic carbocycles. The molecule has 3 N–H and O–H groups in total. The molecule has 0 aliphatic rings. The standard InChI is InChI=1S/C14H16ClFN4O/c1-18-5-2-6-21-14-12(17)8-13(19-20-14)10-7-9(15)3-4-11(10)16/h3-4,7-8,18H,2,5-6H2,1H3,(H2,17,19). The highest BCUT2D eigenvalue weighted by Crippen LogP contribution is 2.27. The molecule has 0 spiro atoms. The van der Waals surface area contributed by atoms with E-state index in [0.717, 1.165) is 13.0 Å². The molecule has 1 aromatic heterocycles. The van der Waals surface area contributed by atoms with E-state index in [0.29, 0.717) is 23.0 Å². The maximum absolute atomic E-state index is 13.8. The molecule has 0 aliphatic carbocycles. The third-order valence-electron chi connectivity index (χ3n) is 2.80. The lowest BCUT2D eigenvalue weighted by molar-refractivity contribution is 0.297. The molecule has 0 radical (unpaired) electrons. The van der Waals surface area contributed by atoms with Gasteiger partial charge < -0.3 is 15.8 Å².